The maximum atomic E-state index is 12.9. The van der Waals surface area contributed by atoms with E-state index >= 15 is 0 Å². The number of hydrazone groups is 1. The van der Waals surface area contributed by atoms with Crippen LogP contribution in [0.25, 0.3) is 0 Å². The number of rotatable bonds is 8. The quantitative estimate of drug-likeness (QED) is 0.180. The summed E-state index contributed by atoms with van der Waals surface area (Å²) in [7, 11) is 0. The largest absolute Gasteiger partial charge is 0.492 e. The zero-order chi connectivity index (χ0) is 28.9. The van der Waals surface area contributed by atoms with Gasteiger partial charge in [-0.15, -0.1) is 0 Å². The number of nitrogens with zero attached hydrogens (tertiary/aromatic N) is 5. The molecule has 1 aliphatic rings. The Bertz CT molecular complexity index is 1350. The highest BCUT2D eigenvalue weighted by molar-refractivity contribution is 6.33. The third kappa shape index (κ3) is 7.89. The molecule has 40 heavy (non-hydrogen) atoms. The summed E-state index contributed by atoms with van der Waals surface area (Å²) in [5, 5.41) is 3.72. The summed E-state index contributed by atoms with van der Waals surface area (Å²) in [5.41, 5.74) is 1.34. The molecule has 7 nitrogen and oxygen atoms in total. The molecule has 4 rings (SSSR count). The number of nitrogens with one attached hydrogen (secondary N) is 1. The number of pyridine rings is 2. The molecule has 0 radical (unpaired) electrons. The minimum atomic E-state index is -4.55. The number of anilines is 2. The smallest absolute Gasteiger partial charge is 0.417 e. The van der Waals surface area contributed by atoms with Gasteiger partial charge in [0.05, 0.1) is 27.4 Å². The second-order valence-corrected chi connectivity index (χ2v) is 9.51. The van der Waals surface area contributed by atoms with Crippen molar-refractivity contribution in [2.75, 3.05) is 49.7 Å². The first kappa shape index (κ1) is 29.7. The zero-order valence-electron chi connectivity index (χ0n) is 20.6. The summed E-state index contributed by atoms with van der Waals surface area (Å²) in [5.74, 6) is 0.902. The molecule has 15 heteroatoms. The van der Waals surface area contributed by atoms with Crippen LogP contribution >= 0.6 is 23.2 Å². The highest BCUT2D eigenvalue weighted by Crippen LogP contribution is 2.34. The molecule has 1 aliphatic heterocycles. The van der Waals surface area contributed by atoms with Crippen molar-refractivity contribution in [2.24, 2.45) is 5.10 Å². The number of piperazine rings is 1. The standard InChI is InChI=1S/C25H22Cl2F6N6O/c26-20-11-17(24(28,29)30)14-34-22(20)37-36-13-16-2-1-3-19(10-16)40-9-8-38-4-6-39(7-5-38)23-21(27)12-18(15-35-23)25(31,32)33/h1-3,10-15H,4-9H2,(H,34,37). The molecule has 1 N–H and O–H groups in total. The Balaban J connectivity index is 1.23. The van der Waals surface area contributed by atoms with E-state index < -0.39 is 23.5 Å². The van der Waals surface area contributed by atoms with Crippen LogP contribution in [0.15, 0.2) is 53.9 Å². The maximum Gasteiger partial charge on any atom is 0.417 e. The monoisotopic (exact) mass is 606 g/mol. The predicted octanol–water partition coefficient (Wildman–Crippen LogP) is 6.47. The molecule has 214 valence electrons. The third-order valence-electron chi connectivity index (χ3n) is 5.91. The Morgan fingerprint density at radius 1 is 0.900 bits per heavy atom. The van der Waals surface area contributed by atoms with Crippen molar-refractivity contribution in [2.45, 2.75) is 12.4 Å². The molecule has 1 saturated heterocycles. The first-order chi connectivity index (χ1) is 18.9. The van der Waals surface area contributed by atoms with Gasteiger partial charge in [-0.05, 0) is 29.8 Å². The van der Waals surface area contributed by atoms with Crippen LogP contribution in [0.3, 0.4) is 0 Å². The topological polar surface area (TPSA) is 65.9 Å². The number of alkyl halides is 6. The predicted molar refractivity (Wildman–Crippen MR) is 140 cm³/mol. The van der Waals surface area contributed by atoms with Gasteiger partial charge < -0.3 is 9.64 Å². The second kappa shape index (κ2) is 12.5. The molecule has 0 amide bonds. The SMILES string of the molecule is FC(F)(F)c1cnc(NN=Cc2cccc(OCCN3CCN(c4ncc(C(F)(F)F)cc4Cl)CC3)c2)c(Cl)c1. The molecule has 1 fully saturated rings. The lowest BCUT2D eigenvalue weighted by atomic mass is 10.2. The number of aromatic nitrogens is 2. The first-order valence-corrected chi connectivity index (χ1v) is 12.6. The maximum absolute atomic E-state index is 12.9. The molecule has 0 atom stereocenters. The van der Waals surface area contributed by atoms with Gasteiger partial charge in [0.25, 0.3) is 0 Å². The Labute approximate surface area is 235 Å². The van der Waals surface area contributed by atoms with Crippen LogP contribution in [0.5, 0.6) is 5.75 Å². The van der Waals surface area contributed by atoms with E-state index in [1.807, 2.05) is 4.90 Å². The van der Waals surface area contributed by atoms with E-state index in [1.165, 1.54) is 6.21 Å². The molecule has 2 aromatic heterocycles. The molecule has 0 aliphatic carbocycles. The molecule has 0 bridgehead atoms. The van der Waals surface area contributed by atoms with E-state index in [4.69, 9.17) is 27.9 Å². The van der Waals surface area contributed by atoms with Crippen LogP contribution in [0.2, 0.25) is 10.0 Å². The van der Waals surface area contributed by atoms with Gasteiger partial charge in [0.15, 0.2) is 5.82 Å². The minimum absolute atomic E-state index is 0.0187. The van der Waals surface area contributed by atoms with Crippen molar-refractivity contribution in [3.05, 3.63) is 75.5 Å². The zero-order valence-corrected chi connectivity index (χ0v) is 22.1. The van der Waals surface area contributed by atoms with Crippen LogP contribution in [0.1, 0.15) is 16.7 Å². The molecular weight excluding hydrogens is 585 g/mol. The Morgan fingerprint density at radius 2 is 1.55 bits per heavy atom. The van der Waals surface area contributed by atoms with E-state index in [-0.39, 0.29) is 15.9 Å². The highest BCUT2D eigenvalue weighted by atomic mass is 35.5. The van der Waals surface area contributed by atoms with Crippen molar-refractivity contribution in [3.63, 3.8) is 0 Å². The van der Waals surface area contributed by atoms with Crippen LogP contribution in [-0.2, 0) is 12.4 Å². The van der Waals surface area contributed by atoms with Gasteiger partial charge in [-0.25, -0.2) is 9.97 Å². The summed E-state index contributed by atoms with van der Waals surface area (Å²) in [6, 6.07) is 8.69. The van der Waals surface area contributed by atoms with Gasteiger partial charge in [-0.1, -0.05) is 35.3 Å². The Kier molecular flexibility index (Phi) is 9.26. The summed E-state index contributed by atoms with van der Waals surface area (Å²) >= 11 is 11.9. The molecule has 0 unspecified atom stereocenters. The lowest BCUT2D eigenvalue weighted by Crippen LogP contribution is -2.47. The van der Waals surface area contributed by atoms with Crippen molar-refractivity contribution >= 4 is 41.1 Å². The van der Waals surface area contributed by atoms with Crippen molar-refractivity contribution in [3.8, 4) is 5.75 Å². The normalized spacial score (nSPS) is 15.1. The molecule has 0 spiro atoms. The Morgan fingerprint density at radius 3 is 2.17 bits per heavy atom. The first-order valence-electron chi connectivity index (χ1n) is 11.8. The summed E-state index contributed by atoms with van der Waals surface area (Å²) in [6.07, 6.45) is -6.15. The fourth-order valence-corrected chi connectivity index (χ4v) is 4.32. The van der Waals surface area contributed by atoms with Crippen LogP contribution in [-0.4, -0.2) is 60.4 Å². The number of halogens is 8. The number of ether oxygens (including phenoxy) is 1. The van der Waals surface area contributed by atoms with Crippen molar-refractivity contribution in [1.82, 2.24) is 14.9 Å². The average Bonchev–Trinajstić information content (AvgIpc) is 2.89. The summed E-state index contributed by atoms with van der Waals surface area (Å²) in [4.78, 5) is 11.6. The number of benzene rings is 1. The summed E-state index contributed by atoms with van der Waals surface area (Å²) in [6.45, 7) is 3.43. The fraction of sp³-hybridized carbons (Fsp3) is 0.320. The van der Waals surface area contributed by atoms with Gasteiger partial charge in [-0.3, -0.25) is 10.3 Å². The van der Waals surface area contributed by atoms with E-state index in [9.17, 15) is 26.3 Å². The van der Waals surface area contributed by atoms with Crippen molar-refractivity contribution < 1.29 is 31.1 Å². The van der Waals surface area contributed by atoms with Crippen molar-refractivity contribution in [1.29, 1.82) is 0 Å². The van der Waals surface area contributed by atoms with Crippen LogP contribution in [0.4, 0.5) is 38.0 Å². The molecule has 0 saturated carbocycles. The average molecular weight is 607 g/mol. The second-order valence-electron chi connectivity index (χ2n) is 8.70. The van der Waals surface area contributed by atoms with Gasteiger partial charge in [0, 0.05) is 45.1 Å². The van der Waals surface area contributed by atoms with Gasteiger partial charge in [0.2, 0.25) is 0 Å². The van der Waals surface area contributed by atoms with E-state index in [1.54, 1.807) is 24.3 Å². The van der Waals surface area contributed by atoms with E-state index in [0.717, 1.165) is 18.3 Å². The van der Waals surface area contributed by atoms with E-state index in [2.05, 4.69) is 25.4 Å². The lowest BCUT2D eigenvalue weighted by Gasteiger charge is -2.35. The lowest BCUT2D eigenvalue weighted by molar-refractivity contribution is -0.138. The summed E-state index contributed by atoms with van der Waals surface area (Å²) < 4.78 is 82.6. The minimum Gasteiger partial charge on any atom is -0.492 e. The number of hydrogen-bond donors (Lipinski definition) is 1. The molecular formula is C25H22Cl2F6N6O. The third-order valence-corrected chi connectivity index (χ3v) is 6.47. The fourth-order valence-electron chi connectivity index (χ4n) is 3.82. The van der Waals surface area contributed by atoms with Crippen LogP contribution in [0, 0.1) is 0 Å². The van der Waals surface area contributed by atoms with Gasteiger partial charge in [-0.2, -0.15) is 31.4 Å². The number of hydrogen-bond acceptors (Lipinski definition) is 7. The van der Waals surface area contributed by atoms with E-state index in [0.29, 0.717) is 62.7 Å². The van der Waals surface area contributed by atoms with Crippen LogP contribution < -0.4 is 15.1 Å². The highest BCUT2D eigenvalue weighted by Gasteiger charge is 2.33. The molecule has 3 aromatic rings. The molecule has 1 aromatic carbocycles. The van der Waals surface area contributed by atoms with Gasteiger partial charge in [0.1, 0.15) is 18.2 Å². The Hall–Kier alpha value is -3.29. The van der Waals surface area contributed by atoms with Gasteiger partial charge >= 0.3 is 12.4 Å². The molecule has 3 heterocycles.